The highest BCUT2D eigenvalue weighted by Gasteiger charge is 2.26. The van der Waals surface area contributed by atoms with Gasteiger partial charge < -0.3 is 15.0 Å². The largest absolute Gasteiger partial charge is 0.394 e. The van der Waals surface area contributed by atoms with E-state index in [0.29, 0.717) is 17.2 Å². The Kier molecular flexibility index (Phi) is 6.21. The second-order valence-electron chi connectivity index (χ2n) is 8.25. The zero-order chi connectivity index (χ0) is 23.7. The zero-order valence-electron chi connectivity index (χ0n) is 18.4. The molecule has 0 bridgehead atoms. The van der Waals surface area contributed by atoms with Crippen LogP contribution in [-0.4, -0.2) is 49.0 Å². The van der Waals surface area contributed by atoms with Gasteiger partial charge in [0.25, 0.3) is 5.91 Å². The summed E-state index contributed by atoms with van der Waals surface area (Å²) in [4.78, 5) is 21.5. The number of aromatic nitrogens is 3. The minimum atomic E-state index is -0.666. The molecule has 9 nitrogen and oxygen atoms in total. The first-order valence-corrected chi connectivity index (χ1v) is 10.6. The quantitative estimate of drug-likeness (QED) is 0.189. The summed E-state index contributed by atoms with van der Waals surface area (Å²) >= 11 is 0. The van der Waals surface area contributed by atoms with E-state index in [4.69, 9.17) is 11.3 Å². The number of aliphatic hydroxyl groups excluding tert-OH is 1. The van der Waals surface area contributed by atoms with Crippen molar-refractivity contribution in [1.82, 2.24) is 19.5 Å². The van der Waals surface area contributed by atoms with Crippen molar-refractivity contribution in [1.29, 1.82) is 5.41 Å². The fourth-order valence-corrected chi connectivity index (χ4v) is 3.43. The molecule has 2 heterocycles. The summed E-state index contributed by atoms with van der Waals surface area (Å²) in [7, 11) is 0. The van der Waals surface area contributed by atoms with Gasteiger partial charge in [0.1, 0.15) is 17.3 Å². The van der Waals surface area contributed by atoms with Crippen LogP contribution in [0, 0.1) is 18.2 Å². The van der Waals surface area contributed by atoms with E-state index in [1.165, 1.54) is 18.2 Å². The molecule has 4 rings (SSSR count). The molecule has 0 unspecified atom stereocenters. The monoisotopic (exact) mass is 451 g/mol. The number of aliphatic hydroxyl groups is 1. The fraction of sp³-hybridized carbons (Fsp3) is 0.304. The van der Waals surface area contributed by atoms with Gasteiger partial charge in [-0.25, -0.2) is 20.2 Å². The predicted molar refractivity (Wildman–Crippen MR) is 122 cm³/mol. The Morgan fingerprint density at radius 1 is 1.42 bits per heavy atom. The molecule has 1 atom stereocenters. The van der Waals surface area contributed by atoms with E-state index >= 15 is 0 Å². The molecule has 1 saturated carbocycles. The average Bonchev–Trinajstić information content (AvgIpc) is 3.54. The standard InChI is InChI=1S/C23H26FN7O2/c1-13-8-17(24)16(9-20(13)30-10-19(27-12-30)15-6-7-15)23(33)29-21-5-3-4-18(28-21)22(25)31(26)14(2)11-32/h3-5,8-10,12,14-15,25,32H,6-7,11,26H2,1-2H3,(H,28,29,33)/t14-/m1/s1. The molecule has 10 heteroatoms. The number of anilines is 1. The molecule has 1 fully saturated rings. The number of carbonyl (C=O) groups excluding carboxylic acids is 1. The number of nitrogens with one attached hydrogen (secondary N) is 2. The van der Waals surface area contributed by atoms with Crippen molar-refractivity contribution in [2.45, 2.75) is 38.6 Å². The number of pyridine rings is 1. The van der Waals surface area contributed by atoms with Gasteiger partial charge in [-0.2, -0.15) is 0 Å². The summed E-state index contributed by atoms with van der Waals surface area (Å²) in [5.41, 5.74) is 2.41. The number of halogens is 1. The number of imidazole rings is 1. The van der Waals surface area contributed by atoms with Crippen LogP contribution >= 0.6 is 0 Å². The SMILES string of the molecule is Cc1cc(F)c(C(=O)Nc2cccc(C(=N)N(N)[C@H](C)CO)n2)cc1-n1cnc(C2CC2)c1. The van der Waals surface area contributed by atoms with Gasteiger partial charge >= 0.3 is 0 Å². The Morgan fingerprint density at radius 2 is 2.18 bits per heavy atom. The lowest BCUT2D eigenvalue weighted by molar-refractivity contribution is 0.102. The Morgan fingerprint density at radius 3 is 2.88 bits per heavy atom. The predicted octanol–water partition coefficient (Wildman–Crippen LogP) is 2.73. The van der Waals surface area contributed by atoms with Crippen molar-refractivity contribution in [3.63, 3.8) is 0 Å². The summed E-state index contributed by atoms with van der Waals surface area (Å²) in [6.07, 6.45) is 5.84. The summed E-state index contributed by atoms with van der Waals surface area (Å²) in [5, 5.41) is 21.1. The lowest BCUT2D eigenvalue weighted by Crippen LogP contribution is -2.46. The van der Waals surface area contributed by atoms with Gasteiger partial charge in [-0.05, 0) is 56.5 Å². The van der Waals surface area contributed by atoms with Crippen molar-refractivity contribution in [2.75, 3.05) is 11.9 Å². The Labute approximate surface area is 190 Å². The van der Waals surface area contributed by atoms with Crippen molar-refractivity contribution in [3.05, 3.63) is 71.2 Å². The number of rotatable bonds is 7. The molecule has 0 radical (unpaired) electrons. The number of benzene rings is 1. The van der Waals surface area contributed by atoms with Crippen molar-refractivity contribution in [3.8, 4) is 5.69 Å². The van der Waals surface area contributed by atoms with E-state index in [2.05, 4.69) is 15.3 Å². The molecule has 5 N–H and O–H groups in total. The van der Waals surface area contributed by atoms with Crippen LogP contribution in [0.2, 0.25) is 0 Å². The number of amides is 1. The van der Waals surface area contributed by atoms with E-state index in [1.807, 2.05) is 6.20 Å². The lowest BCUT2D eigenvalue weighted by atomic mass is 10.1. The Bertz CT molecular complexity index is 1210. The minimum Gasteiger partial charge on any atom is -0.394 e. The molecule has 1 aromatic carbocycles. The average molecular weight is 452 g/mol. The van der Waals surface area contributed by atoms with Crippen LogP contribution in [-0.2, 0) is 0 Å². The van der Waals surface area contributed by atoms with Gasteiger partial charge in [0.15, 0.2) is 5.84 Å². The van der Waals surface area contributed by atoms with Crippen LogP contribution < -0.4 is 11.2 Å². The Balaban J connectivity index is 1.57. The number of hydrazine groups is 1. The topological polar surface area (TPSA) is 133 Å². The number of amidine groups is 1. The molecular formula is C23H26FN7O2. The van der Waals surface area contributed by atoms with Gasteiger partial charge in [0, 0.05) is 12.1 Å². The molecule has 172 valence electrons. The van der Waals surface area contributed by atoms with Gasteiger partial charge in [-0.1, -0.05) is 6.07 Å². The first kappa shape index (κ1) is 22.6. The maximum Gasteiger partial charge on any atom is 0.259 e. The zero-order valence-corrected chi connectivity index (χ0v) is 18.4. The first-order valence-electron chi connectivity index (χ1n) is 10.6. The summed E-state index contributed by atoms with van der Waals surface area (Å²) in [6, 6.07) is 7.03. The summed E-state index contributed by atoms with van der Waals surface area (Å²) in [5.74, 6) is 5.03. The van der Waals surface area contributed by atoms with Crippen LogP contribution in [0.5, 0.6) is 0 Å². The van der Waals surface area contributed by atoms with Crippen molar-refractivity contribution >= 4 is 17.6 Å². The molecule has 33 heavy (non-hydrogen) atoms. The number of aryl methyl sites for hydroxylation is 1. The third kappa shape index (κ3) is 4.76. The molecule has 1 aliphatic rings. The third-order valence-electron chi connectivity index (χ3n) is 5.64. The highest BCUT2D eigenvalue weighted by atomic mass is 19.1. The smallest absolute Gasteiger partial charge is 0.259 e. The van der Waals surface area contributed by atoms with Crippen LogP contribution in [0.4, 0.5) is 10.2 Å². The normalized spacial score (nSPS) is 14.1. The van der Waals surface area contributed by atoms with Gasteiger partial charge in [0.05, 0.1) is 35.9 Å². The first-order chi connectivity index (χ1) is 15.8. The van der Waals surface area contributed by atoms with Crippen LogP contribution in [0.1, 0.15) is 53.0 Å². The van der Waals surface area contributed by atoms with Crippen molar-refractivity contribution in [2.24, 2.45) is 5.84 Å². The maximum absolute atomic E-state index is 14.7. The summed E-state index contributed by atoms with van der Waals surface area (Å²) < 4.78 is 16.5. The van der Waals surface area contributed by atoms with Gasteiger partial charge in [0.2, 0.25) is 0 Å². The van der Waals surface area contributed by atoms with Gasteiger partial charge in [-0.15, -0.1) is 0 Å². The molecule has 0 aliphatic heterocycles. The third-order valence-corrected chi connectivity index (χ3v) is 5.64. The van der Waals surface area contributed by atoms with E-state index < -0.39 is 17.8 Å². The van der Waals surface area contributed by atoms with Crippen molar-refractivity contribution < 1.29 is 14.3 Å². The summed E-state index contributed by atoms with van der Waals surface area (Å²) in [6.45, 7) is 3.20. The molecule has 0 spiro atoms. The molecule has 1 amide bonds. The minimum absolute atomic E-state index is 0.122. The maximum atomic E-state index is 14.7. The van der Waals surface area contributed by atoms with Gasteiger partial charge in [-0.3, -0.25) is 15.2 Å². The molecule has 3 aromatic rings. The number of carbonyl (C=O) groups is 1. The van der Waals surface area contributed by atoms with E-state index in [0.717, 1.165) is 23.5 Å². The van der Waals surface area contributed by atoms with Crippen LogP contribution in [0.25, 0.3) is 5.69 Å². The molecule has 0 saturated heterocycles. The molecule has 2 aromatic heterocycles. The number of hydrogen-bond acceptors (Lipinski definition) is 6. The number of nitrogens with zero attached hydrogens (tertiary/aromatic N) is 4. The van der Waals surface area contributed by atoms with Crippen LogP contribution in [0.3, 0.4) is 0 Å². The fourth-order valence-electron chi connectivity index (χ4n) is 3.43. The number of hydrogen-bond donors (Lipinski definition) is 4. The molecular weight excluding hydrogens is 425 g/mol. The van der Waals surface area contributed by atoms with E-state index in [-0.39, 0.29) is 29.5 Å². The number of nitrogens with two attached hydrogens (primary N) is 1. The van der Waals surface area contributed by atoms with Crippen LogP contribution in [0.15, 0.2) is 42.9 Å². The Hall–Kier alpha value is -3.63. The van der Waals surface area contributed by atoms with E-state index in [1.54, 1.807) is 36.9 Å². The highest BCUT2D eigenvalue weighted by Crippen LogP contribution is 2.39. The molecule has 1 aliphatic carbocycles. The second-order valence-corrected chi connectivity index (χ2v) is 8.25. The highest BCUT2D eigenvalue weighted by molar-refractivity contribution is 6.04. The van der Waals surface area contributed by atoms with E-state index in [9.17, 15) is 14.3 Å². The lowest BCUT2D eigenvalue weighted by Gasteiger charge is -2.24. The second kappa shape index (κ2) is 9.08.